The van der Waals surface area contributed by atoms with Crippen LogP contribution in [0.3, 0.4) is 0 Å². The van der Waals surface area contributed by atoms with Crippen LogP contribution in [0, 0.1) is 0 Å². The number of phenolic OH excluding ortho intramolecular Hbond substituents is 2. The highest BCUT2D eigenvalue weighted by atomic mass is 32.2. The fraction of sp³-hybridized carbons (Fsp3) is 0.286. The molecule has 0 aliphatic rings. The Hall–Kier alpha value is -4.00. The van der Waals surface area contributed by atoms with Crippen LogP contribution in [0.25, 0.3) is 12.2 Å². The van der Waals surface area contributed by atoms with Crippen LogP contribution in [0.4, 0.5) is 0 Å². The first-order valence-electron chi connectivity index (χ1n) is 16.5. The van der Waals surface area contributed by atoms with Gasteiger partial charge in [0.05, 0.1) is 0 Å². The Bertz CT molecular complexity index is 1780. The lowest BCUT2D eigenvalue weighted by Gasteiger charge is -2.19. The second-order valence-electron chi connectivity index (χ2n) is 12.4. The molecule has 0 aliphatic carbocycles. The van der Waals surface area contributed by atoms with E-state index in [-0.39, 0.29) is 23.4 Å². The average Bonchev–Trinajstić information content (AvgIpc) is 3.10. The monoisotopic (exact) mass is 678 g/mol. The van der Waals surface area contributed by atoms with Crippen molar-refractivity contribution in [3.63, 3.8) is 0 Å². The van der Waals surface area contributed by atoms with Crippen LogP contribution in [0.5, 0.6) is 11.5 Å². The predicted octanol–water partition coefficient (Wildman–Crippen LogP) is 11.1. The van der Waals surface area contributed by atoms with Crippen molar-refractivity contribution in [2.24, 2.45) is 0 Å². The van der Waals surface area contributed by atoms with Gasteiger partial charge in [0, 0.05) is 20.9 Å². The van der Waals surface area contributed by atoms with E-state index in [9.17, 15) is 19.8 Å². The Morgan fingerprint density at radius 1 is 0.688 bits per heavy atom. The Labute approximate surface area is 294 Å². The van der Waals surface area contributed by atoms with Crippen LogP contribution in [0.1, 0.15) is 106 Å². The van der Waals surface area contributed by atoms with Gasteiger partial charge < -0.3 is 10.2 Å². The normalized spacial score (nSPS) is 12.3. The summed E-state index contributed by atoms with van der Waals surface area (Å²) in [5, 5.41) is 22.3. The largest absolute Gasteiger partial charge is 0.507 e. The lowest BCUT2D eigenvalue weighted by molar-refractivity contribution is 0.103. The molecular formula is C42H46O4S2. The molecule has 0 saturated heterocycles. The number of hydrogen-bond acceptors (Lipinski definition) is 6. The number of thioether (sulfide) groups is 2. The van der Waals surface area contributed by atoms with E-state index >= 15 is 0 Å². The van der Waals surface area contributed by atoms with Gasteiger partial charge in [-0.1, -0.05) is 39.8 Å². The smallest absolute Gasteiger partial charge is 0.185 e. The third-order valence-electron chi connectivity index (χ3n) is 8.70. The van der Waals surface area contributed by atoms with Gasteiger partial charge in [-0.3, -0.25) is 9.59 Å². The molecule has 6 heteroatoms. The van der Waals surface area contributed by atoms with E-state index in [1.807, 2.05) is 104 Å². The number of carbonyl (C=O) groups is 2. The minimum Gasteiger partial charge on any atom is -0.507 e. The maximum atomic E-state index is 12.9. The molecule has 0 amide bonds. The number of aryl methyl sites for hydroxylation is 2. The first kappa shape index (κ1) is 36.8. The summed E-state index contributed by atoms with van der Waals surface area (Å²) in [5.41, 5.74) is 6.47. The van der Waals surface area contributed by atoms with E-state index in [0.29, 0.717) is 35.5 Å². The summed E-state index contributed by atoms with van der Waals surface area (Å²) in [5.74, 6) is 0.665. The molecule has 250 valence electrons. The van der Waals surface area contributed by atoms with Crippen molar-refractivity contribution in [2.75, 3.05) is 12.5 Å². The molecule has 0 fully saturated rings. The Morgan fingerprint density at radius 2 is 1.17 bits per heavy atom. The number of ketones is 2. The molecule has 2 N–H and O–H groups in total. The maximum Gasteiger partial charge on any atom is 0.185 e. The second-order valence-corrected chi connectivity index (χ2v) is 14.1. The van der Waals surface area contributed by atoms with Crippen LogP contribution >= 0.6 is 23.5 Å². The topological polar surface area (TPSA) is 74.6 Å². The summed E-state index contributed by atoms with van der Waals surface area (Å²) in [6, 6.07) is 23.0. The van der Waals surface area contributed by atoms with Gasteiger partial charge in [0.15, 0.2) is 11.6 Å². The predicted molar refractivity (Wildman–Crippen MR) is 204 cm³/mol. The number of carbonyl (C=O) groups excluding carboxylic acids is 2. The molecule has 0 bridgehead atoms. The van der Waals surface area contributed by atoms with Gasteiger partial charge in [-0.2, -0.15) is 0 Å². The van der Waals surface area contributed by atoms with E-state index in [1.54, 1.807) is 35.7 Å². The van der Waals surface area contributed by atoms with E-state index < -0.39 is 0 Å². The van der Waals surface area contributed by atoms with Gasteiger partial charge in [-0.15, -0.1) is 23.5 Å². The Morgan fingerprint density at radius 3 is 1.65 bits per heavy atom. The molecule has 1 atom stereocenters. The van der Waals surface area contributed by atoms with E-state index in [1.165, 1.54) is 0 Å². The van der Waals surface area contributed by atoms with Crippen molar-refractivity contribution in [1.29, 1.82) is 0 Å². The Kier molecular flexibility index (Phi) is 13.4. The fourth-order valence-corrected chi connectivity index (χ4v) is 6.58. The molecule has 0 radical (unpaired) electrons. The number of benzene rings is 4. The molecule has 4 nitrogen and oxygen atoms in total. The van der Waals surface area contributed by atoms with E-state index in [0.717, 1.165) is 56.0 Å². The molecule has 4 aromatic carbocycles. The van der Waals surface area contributed by atoms with Crippen molar-refractivity contribution in [3.05, 3.63) is 129 Å². The third-order valence-corrected chi connectivity index (χ3v) is 10.2. The van der Waals surface area contributed by atoms with Crippen LogP contribution in [-0.4, -0.2) is 34.3 Å². The van der Waals surface area contributed by atoms with Crippen LogP contribution in [-0.2, 0) is 12.8 Å². The van der Waals surface area contributed by atoms with Gasteiger partial charge in [0.2, 0.25) is 0 Å². The lowest BCUT2D eigenvalue weighted by atomic mass is 9.87. The minimum atomic E-state index is -0.0612. The Balaban J connectivity index is 1.48. The molecule has 0 saturated carbocycles. The van der Waals surface area contributed by atoms with Crippen LogP contribution < -0.4 is 0 Å². The minimum absolute atomic E-state index is 0.0524. The molecule has 48 heavy (non-hydrogen) atoms. The summed E-state index contributed by atoms with van der Waals surface area (Å²) in [7, 11) is 0. The molecule has 0 heterocycles. The quantitative estimate of drug-likeness (QED) is 0.0740. The van der Waals surface area contributed by atoms with Crippen molar-refractivity contribution >= 4 is 47.2 Å². The number of rotatable bonds is 15. The molecule has 4 rings (SSSR count). The SMILES string of the molecule is CCc1cc(/C=C/C(=O)c2ccc(SC)cc2)cc(CCCC(C)c2cc(/C=C/C(=O)c3ccc(SC)cc3)cc(C(C)C)c2O)c1O. The van der Waals surface area contributed by atoms with Crippen LogP contribution in [0.2, 0.25) is 0 Å². The molecule has 4 aromatic rings. The van der Waals surface area contributed by atoms with Crippen molar-refractivity contribution in [3.8, 4) is 11.5 Å². The summed E-state index contributed by atoms with van der Waals surface area (Å²) in [6.07, 6.45) is 13.8. The van der Waals surface area contributed by atoms with Gasteiger partial charge in [-0.25, -0.2) is 0 Å². The molecule has 1 unspecified atom stereocenters. The lowest BCUT2D eigenvalue weighted by Crippen LogP contribution is -2.01. The van der Waals surface area contributed by atoms with E-state index in [4.69, 9.17) is 0 Å². The number of aromatic hydroxyl groups is 2. The highest BCUT2D eigenvalue weighted by molar-refractivity contribution is 7.98. The first-order chi connectivity index (χ1) is 23.0. The summed E-state index contributed by atoms with van der Waals surface area (Å²) < 4.78 is 0. The summed E-state index contributed by atoms with van der Waals surface area (Å²) in [4.78, 5) is 27.9. The third kappa shape index (κ3) is 9.55. The fourth-order valence-electron chi connectivity index (χ4n) is 5.76. The number of phenols is 2. The maximum absolute atomic E-state index is 12.9. The summed E-state index contributed by atoms with van der Waals surface area (Å²) >= 11 is 3.28. The van der Waals surface area contributed by atoms with Gasteiger partial charge in [0.25, 0.3) is 0 Å². The first-order valence-corrected chi connectivity index (χ1v) is 18.9. The van der Waals surface area contributed by atoms with Crippen molar-refractivity contribution in [2.45, 2.75) is 75.0 Å². The highest BCUT2D eigenvalue weighted by Gasteiger charge is 2.18. The summed E-state index contributed by atoms with van der Waals surface area (Å²) in [6.45, 7) is 8.23. The molecule has 0 aromatic heterocycles. The zero-order valence-electron chi connectivity index (χ0n) is 28.7. The van der Waals surface area contributed by atoms with Crippen LogP contribution in [0.15, 0.2) is 94.7 Å². The average molecular weight is 679 g/mol. The zero-order valence-corrected chi connectivity index (χ0v) is 30.4. The second kappa shape index (κ2) is 17.4. The number of hydrogen-bond donors (Lipinski definition) is 2. The molecule has 0 aliphatic heterocycles. The van der Waals surface area contributed by atoms with Crippen molar-refractivity contribution < 1.29 is 19.8 Å². The molecule has 0 spiro atoms. The van der Waals surface area contributed by atoms with Gasteiger partial charge in [0.1, 0.15) is 11.5 Å². The van der Waals surface area contributed by atoms with Crippen molar-refractivity contribution in [1.82, 2.24) is 0 Å². The van der Waals surface area contributed by atoms with Gasteiger partial charge in [-0.05, 0) is 168 Å². The van der Waals surface area contributed by atoms with Gasteiger partial charge >= 0.3 is 0 Å². The molecular weight excluding hydrogens is 633 g/mol. The highest BCUT2D eigenvalue weighted by Crippen LogP contribution is 2.38. The zero-order chi connectivity index (χ0) is 34.8. The number of allylic oxidation sites excluding steroid dienone is 2. The van der Waals surface area contributed by atoms with E-state index in [2.05, 4.69) is 20.8 Å². The standard InChI is InChI=1S/C42H46O4S2/c1-7-31-23-29(11-21-39(43)32-13-17-35(47-5)18-14-32)24-34(41(31)45)10-8-9-28(4)38-26-30(25-37(27(2)3)42(38)46)12-22-40(44)33-15-19-36(48-6)20-16-33/h11-28,45-46H,7-10H2,1-6H3/b21-11+,22-12+.